The van der Waals surface area contributed by atoms with E-state index in [1.165, 1.54) is 31.3 Å². The molecule has 0 aromatic carbocycles. The highest BCUT2D eigenvalue weighted by Crippen LogP contribution is 2.23. The molecule has 2 aliphatic rings. The number of hydrogen-bond donors (Lipinski definition) is 1. The van der Waals surface area contributed by atoms with E-state index in [2.05, 4.69) is 31.4 Å². The fourth-order valence-electron chi connectivity index (χ4n) is 4.06. The van der Waals surface area contributed by atoms with Crippen molar-refractivity contribution in [1.82, 2.24) is 25.1 Å². The molecule has 1 aliphatic carbocycles. The lowest BCUT2D eigenvalue weighted by Crippen LogP contribution is -2.43. The van der Waals surface area contributed by atoms with Crippen LogP contribution in [0.15, 0.2) is 42.5 Å². The molecular weight excluding hydrogens is 352 g/mol. The summed E-state index contributed by atoms with van der Waals surface area (Å²) >= 11 is 0. The minimum absolute atomic E-state index is 0.0113. The van der Waals surface area contributed by atoms with Crippen LogP contribution in [0.3, 0.4) is 0 Å². The normalized spacial score (nSPS) is 19.9. The highest BCUT2D eigenvalue weighted by atomic mass is 16.1. The maximum absolute atomic E-state index is 12.7. The maximum Gasteiger partial charge on any atom is 0.224 e. The lowest BCUT2D eigenvalue weighted by Gasteiger charge is -2.33. The summed E-state index contributed by atoms with van der Waals surface area (Å²) in [5, 5.41) is 7.38. The van der Waals surface area contributed by atoms with Gasteiger partial charge >= 0.3 is 0 Å². The first kappa shape index (κ1) is 18.7. The Morgan fingerprint density at radius 3 is 2.96 bits per heavy atom. The van der Waals surface area contributed by atoms with Gasteiger partial charge < -0.3 is 10.2 Å². The van der Waals surface area contributed by atoms with E-state index in [1.54, 1.807) is 17.2 Å². The largest absolute Gasteiger partial charge is 0.356 e. The number of anilines is 1. The average Bonchev–Trinajstić information content (AvgIpc) is 3.30. The summed E-state index contributed by atoms with van der Waals surface area (Å²) in [5.74, 6) is 1.77. The summed E-state index contributed by atoms with van der Waals surface area (Å²) < 4.78 is 1.72. The molecule has 1 amide bonds. The predicted octanol–water partition coefficient (Wildman–Crippen LogP) is 2.89. The summed E-state index contributed by atoms with van der Waals surface area (Å²) in [6, 6.07) is 3.80. The molecule has 1 aliphatic heterocycles. The number of rotatable bonds is 6. The second-order valence-corrected chi connectivity index (χ2v) is 7.62. The summed E-state index contributed by atoms with van der Waals surface area (Å²) in [7, 11) is 0. The number of allylic oxidation sites excluding steroid dienone is 1. The zero-order valence-corrected chi connectivity index (χ0v) is 16.3. The monoisotopic (exact) mass is 380 g/mol. The molecule has 1 atom stereocenters. The second-order valence-electron chi connectivity index (χ2n) is 7.62. The molecule has 3 heterocycles. The third-order valence-electron chi connectivity index (χ3n) is 5.62. The molecule has 7 heteroatoms. The van der Waals surface area contributed by atoms with E-state index in [1.807, 2.05) is 18.3 Å². The van der Waals surface area contributed by atoms with Gasteiger partial charge in [-0.15, -0.1) is 0 Å². The average molecular weight is 380 g/mol. The lowest BCUT2D eigenvalue weighted by molar-refractivity contribution is -0.125. The Bertz CT molecular complexity index is 816. The van der Waals surface area contributed by atoms with Crippen molar-refractivity contribution in [2.45, 2.75) is 44.9 Å². The highest BCUT2D eigenvalue weighted by Gasteiger charge is 2.26. The van der Waals surface area contributed by atoms with Crippen LogP contribution in [-0.2, 0) is 4.79 Å². The topological polar surface area (TPSA) is 75.9 Å². The Kier molecular flexibility index (Phi) is 5.99. The van der Waals surface area contributed by atoms with Crippen molar-refractivity contribution >= 4 is 11.7 Å². The minimum Gasteiger partial charge on any atom is -0.356 e. The molecule has 2 aromatic heterocycles. The zero-order chi connectivity index (χ0) is 19.2. The fraction of sp³-hybridized carbons (Fsp3) is 0.524. The van der Waals surface area contributed by atoms with Crippen molar-refractivity contribution in [2.75, 3.05) is 24.5 Å². The van der Waals surface area contributed by atoms with Crippen LogP contribution < -0.4 is 10.2 Å². The van der Waals surface area contributed by atoms with Crippen molar-refractivity contribution < 1.29 is 4.79 Å². The van der Waals surface area contributed by atoms with Gasteiger partial charge in [-0.1, -0.05) is 11.6 Å². The van der Waals surface area contributed by atoms with E-state index in [0.717, 1.165) is 44.0 Å². The van der Waals surface area contributed by atoms with E-state index in [0.29, 0.717) is 6.54 Å². The van der Waals surface area contributed by atoms with Crippen LogP contribution in [-0.4, -0.2) is 45.3 Å². The molecule has 0 saturated carbocycles. The van der Waals surface area contributed by atoms with Crippen molar-refractivity contribution in [3.05, 3.63) is 42.5 Å². The summed E-state index contributed by atoms with van der Waals surface area (Å²) in [4.78, 5) is 23.6. The Morgan fingerprint density at radius 1 is 1.21 bits per heavy atom. The lowest BCUT2D eigenvalue weighted by atomic mass is 9.96. The van der Waals surface area contributed by atoms with Gasteiger partial charge in [0, 0.05) is 38.1 Å². The zero-order valence-electron chi connectivity index (χ0n) is 16.3. The van der Waals surface area contributed by atoms with E-state index in [9.17, 15) is 4.79 Å². The third kappa shape index (κ3) is 4.58. The Balaban J connectivity index is 1.33. The van der Waals surface area contributed by atoms with Crippen molar-refractivity contribution in [2.24, 2.45) is 5.92 Å². The van der Waals surface area contributed by atoms with Gasteiger partial charge in [-0.3, -0.25) is 4.79 Å². The van der Waals surface area contributed by atoms with Crippen molar-refractivity contribution in [3.63, 3.8) is 0 Å². The fourth-order valence-corrected chi connectivity index (χ4v) is 4.06. The van der Waals surface area contributed by atoms with E-state index in [-0.39, 0.29) is 11.8 Å². The number of aromatic nitrogens is 4. The maximum atomic E-state index is 12.7. The SMILES string of the molecule is O=C(NCCC1=CCCCC1)C1CCCN(c2cc(-n3cccn3)ncn2)C1. The van der Waals surface area contributed by atoms with Gasteiger partial charge in [-0.25, -0.2) is 14.6 Å². The van der Waals surface area contributed by atoms with E-state index >= 15 is 0 Å². The highest BCUT2D eigenvalue weighted by molar-refractivity contribution is 5.79. The van der Waals surface area contributed by atoms with Crippen LogP contribution in [0.2, 0.25) is 0 Å². The predicted molar refractivity (Wildman–Crippen MR) is 108 cm³/mol. The van der Waals surface area contributed by atoms with Gasteiger partial charge in [0.1, 0.15) is 12.1 Å². The molecule has 1 fully saturated rings. The number of hydrogen-bond acceptors (Lipinski definition) is 5. The summed E-state index contributed by atoms with van der Waals surface area (Å²) in [5.41, 5.74) is 1.50. The molecule has 0 bridgehead atoms. The van der Waals surface area contributed by atoms with Crippen LogP contribution in [0.1, 0.15) is 44.9 Å². The molecule has 1 N–H and O–H groups in total. The van der Waals surface area contributed by atoms with Crippen molar-refractivity contribution in [1.29, 1.82) is 0 Å². The van der Waals surface area contributed by atoms with Gasteiger partial charge in [0.05, 0.1) is 5.92 Å². The molecule has 1 unspecified atom stereocenters. The molecule has 4 rings (SSSR count). The molecule has 148 valence electrons. The van der Waals surface area contributed by atoms with Crippen LogP contribution in [0.5, 0.6) is 0 Å². The molecule has 7 nitrogen and oxygen atoms in total. The van der Waals surface area contributed by atoms with Crippen LogP contribution >= 0.6 is 0 Å². The molecular formula is C21H28N6O. The first-order valence-corrected chi connectivity index (χ1v) is 10.3. The third-order valence-corrected chi connectivity index (χ3v) is 5.62. The van der Waals surface area contributed by atoms with Gasteiger partial charge in [0.15, 0.2) is 5.82 Å². The van der Waals surface area contributed by atoms with Gasteiger partial charge in [0.2, 0.25) is 5.91 Å². The standard InChI is InChI=1S/C21H28N6O/c28-21(22-11-9-17-6-2-1-3-7-17)18-8-4-12-26(15-18)19-14-20(24-16-23-19)27-13-5-10-25-27/h5-6,10,13-14,16,18H,1-4,7-9,11-12,15H2,(H,22,28). The second kappa shape index (κ2) is 8.99. The number of piperidine rings is 1. The number of carbonyl (C=O) groups excluding carboxylic acids is 1. The van der Waals surface area contributed by atoms with Gasteiger partial charge in [-0.05, 0) is 51.0 Å². The summed E-state index contributed by atoms with van der Waals surface area (Å²) in [6.07, 6.45) is 15.4. The smallest absolute Gasteiger partial charge is 0.224 e. The van der Waals surface area contributed by atoms with E-state index in [4.69, 9.17) is 0 Å². The molecule has 0 radical (unpaired) electrons. The quantitative estimate of drug-likeness (QED) is 0.780. The summed E-state index contributed by atoms with van der Waals surface area (Å²) in [6.45, 7) is 2.36. The molecule has 1 saturated heterocycles. The number of amides is 1. The van der Waals surface area contributed by atoms with Crippen LogP contribution in [0.25, 0.3) is 5.82 Å². The molecule has 0 spiro atoms. The number of carbonyl (C=O) groups is 1. The Hall–Kier alpha value is -2.70. The molecule has 28 heavy (non-hydrogen) atoms. The number of nitrogens with zero attached hydrogens (tertiary/aromatic N) is 5. The van der Waals surface area contributed by atoms with Crippen molar-refractivity contribution in [3.8, 4) is 5.82 Å². The Labute approximate surface area is 165 Å². The first-order valence-electron chi connectivity index (χ1n) is 10.3. The molecule has 2 aromatic rings. The minimum atomic E-state index is 0.0113. The van der Waals surface area contributed by atoms with E-state index < -0.39 is 0 Å². The number of nitrogens with one attached hydrogen (secondary N) is 1. The first-order chi connectivity index (χ1) is 13.8. The van der Waals surface area contributed by atoms with Gasteiger partial charge in [-0.2, -0.15) is 5.10 Å². The van der Waals surface area contributed by atoms with Crippen LogP contribution in [0.4, 0.5) is 5.82 Å². The van der Waals surface area contributed by atoms with Crippen LogP contribution in [0, 0.1) is 5.92 Å². The van der Waals surface area contributed by atoms with Gasteiger partial charge in [0.25, 0.3) is 0 Å². The Morgan fingerprint density at radius 2 is 2.14 bits per heavy atom.